The monoisotopic (exact) mass is 361 g/mol. The number of carbonyl (C=O) groups excluding carboxylic acids is 1. The van der Waals surface area contributed by atoms with Gasteiger partial charge in [0.05, 0.1) is 25.0 Å². The van der Waals surface area contributed by atoms with E-state index in [0.29, 0.717) is 19.6 Å². The summed E-state index contributed by atoms with van der Waals surface area (Å²) in [6.45, 7) is 3.08. The van der Waals surface area contributed by atoms with Crippen LogP contribution in [0.3, 0.4) is 0 Å². The first-order valence-corrected chi connectivity index (χ1v) is 9.47. The number of ether oxygens (including phenoxy) is 2. The van der Waals surface area contributed by atoms with Crippen LogP contribution in [0.1, 0.15) is 17.0 Å². The number of imidazole rings is 1. The highest BCUT2D eigenvalue weighted by atomic mass is 32.2. The van der Waals surface area contributed by atoms with Gasteiger partial charge in [0, 0.05) is 29.8 Å². The van der Waals surface area contributed by atoms with Crippen LogP contribution in [0, 0.1) is 12.8 Å². The van der Waals surface area contributed by atoms with Gasteiger partial charge in [-0.05, 0) is 25.0 Å². The van der Waals surface area contributed by atoms with Gasteiger partial charge in [-0.15, -0.1) is 0 Å². The summed E-state index contributed by atoms with van der Waals surface area (Å²) in [4.78, 5) is 19.7. The van der Waals surface area contributed by atoms with Gasteiger partial charge in [-0.3, -0.25) is 4.79 Å². The minimum Gasteiger partial charge on any atom is -0.497 e. The molecule has 0 radical (unpaired) electrons. The third kappa shape index (κ3) is 4.48. The fraction of sp³-hybridized carbons (Fsp3) is 0.444. The fourth-order valence-electron chi connectivity index (χ4n) is 2.74. The molecule has 25 heavy (non-hydrogen) atoms. The molecule has 0 spiro atoms. The van der Waals surface area contributed by atoms with Crippen molar-refractivity contribution in [3.05, 3.63) is 41.5 Å². The number of aromatic amines is 1. The average molecular weight is 361 g/mol. The van der Waals surface area contributed by atoms with Gasteiger partial charge in [0.15, 0.2) is 0 Å². The Kier molecular flexibility index (Phi) is 5.86. The molecule has 2 heterocycles. The van der Waals surface area contributed by atoms with Crippen molar-refractivity contribution in [2.45, 2.75) is 19.1 Å². The Hall–Kier alpha value is -2.15. The summed E-state index contributed by atoms with van der Waals surface area (Å²) >= 11 is 1.76. The highest BCUT2D eigenvalue weighted by molar-refractivity contribution is 7.98. The van der Waals surface area contributed by atoms with Crippen LogP contribution in [-0.2, 0) is 17.0 Å². The molecule has 1 unspecified atom stereocenters. The van der Waals surface area contributed by atoms with Gasteiger partial charge in [-0.1, -0.05) is 6.07 Å². The van der Waals surface area contributed by atoms with E-state index in [4.69, 9.17) is 9.47 Å². The molecule has 2 N–H and O–H groups in total. The Morgan fingerprint density at radius 1 is 1.52 bits per heavy atom. The molecule has 1 amide bonds. The number of methoxy groups -OCH3 is 1. The van der Waals surface area contributed by atoms with E-state index < -0.39 is 0 Å². The average Bonchev–Trinajstić information content (AvgIpc) is 3.05. The Balaban J connectivity index is 1.40. The number of benzene rings is 1. The zero-order valence-corrected chi connectivity index (χ0v) is 15.3. The topological polar surface area (TPSA) is 76.2 Å². The summed E-state index contributed by atoms with van der Waals surface area (Å²) < 4.78 is 10.9. The zero-order chi connectivity index (χ0) is 17.6. The van der Waals surface area contributed by atoms with Crippen LogP contribution in [0.5, 0.6) is 11.5 Å². The summed E-state index contributed by atoms with van der Waals surface area (Å²) in [5.74, 6) is 3.21. The second kappa shape index (κ2) is 8.29. The lowest BCUT2D eigenvalue weighted by atomic mass is 9.96. The number of fused-ring (bicyclic) bond motifs is 1. The summed E-state index contributed by atoms with van der Waals surface area (Å²) in [5, 5.41) is 3.01. The maximum Gasteiger partial charge on any atom is 0.226 e. The predicted molar refractivity (Wildman–Crippen MR) is 98.2 cm³/mol. The quantitative estimate of drug-likeness (QED) is 0.740. The number of nitrogens with zero attached hydrogens (tertiary/aromatic N) is 1. The summed E-state index contributed by atoms with van der Waals surface area (Å²) in [6.07, 6.45) is 2.41. The third-order valence-corrected chi connectivity index (χ3v) is 5.24. The molecular formula is C18H23N3O3S. The Labute approximate surface area is 151 Å². The summed E-state index contributed by atoms with van der Waals surface area (Å²) in [7, 11) is 1.63. The van der Waals surface area contributed by atoms with E-state index >= 15 is 0 Å². The number of aromatic nitrogens is 2. The maximum atomic E-state index is 12.3. The van der Waals surface area contributed by atoms with Crippen LogP contribution in [-0.4, -0.2) is 41.9 Å². The van der Waals surface area contributed by atoms with Crippen molar-refractivity contribution in [1.82, 2.24) is 15.3 Å². The molecule has 1 aromatic carbocycles. The van der Waals surface area contributed by atoms with Gasteiger partial charge in [0.1, 0.15) is 18.1 Å². The molecule has 0 fully saturated rings. The fourth-order valence-corrected chi connectivity index (χ4v) is 3.62. The molecule has 7 heteroatoms. The highest BCUT2D eigenvalue weighted by Crippen LogP contribution is 2.31. The van der Waals surface area contributed by atoms with Crippen LogP contribution in [0.25, 0.3) is 0 Å². The number of nitrogens with one attached hydrogen (secondary N) is 2. The molecular weight excluding hydrogens is 338 g/mol. The van der Waals surface area contributed by atoms with Crippen LogP contribution in [0.2, 0.25) is 0 Å². The number of amides is 1. The second-order valence-electron chi connectivity index (χ2n) is 6.00. The van der Waals surface area contributed by atoms with Crippen molar-refractivity contribution in [2.75, 3.05) is 26.0 Å². The molecule has 0 saturated carbocycles. The molecule has 1 atom stereocenters. The number of hydrogen-bond acceptors (Lipinski definition) is 5. The predicted octanol–water partition coefficient (Wildman–Crippen LogP) is 2.33. The first kappa shape index (κ1) is 17.7. The van der Waals surface area contributed by atoms with Gasteiger partial charge < -0.3 is 19.8 Å². The van der Waals surface area contributed by atoms with Crippen LogP contribution in [0.4, 0.5) is 0 Å². The number of H-pyrrole nitrogens is 1. The van der Waals surface area contributed by atoms with E-state index in [2.05, 4.69) is 15.3 Å². The zero-order valence-electron chi connectivity index (χ0n) is 14.5. The number of hydrogen-bond donors (Lipinski definition) is 2. The summed E-state index contributed by atoms with van der Waals surface area (Å²) in [6, 6.07) is 5.74. The standard InChI is InChI=1S/C18H23N3O3S/c1-12-16(21-11-20-12)10-25-6-5-19-18(22)14-7-13-3-4-15(23-2)8-17(13)24-9-14/h3-4,8,11,14H,5-7,9-10H2,1-2H3,(H,19,22)(H,20,21). The van der Waals surface area contributed by atoms with E-state index in [1.165, 1.54) is 0 Å². The molecule has 1 aromatic heterocycles. The van der Waals surface area contributed by atoms with Crippen molar-refractivity contribution < 1.29 is 14.3 Å². The Morgan fingerprint density at radius 2 is 2.40 bits per heavy atom. The lowest BCUT2D eigenvalue weighted by Gasteiger charge is -2.25. The van der Waals surface area contributed by atoms with Gasteiger partial charge in [0.2, 0.25) is 5.91 Å². The van der Waals surface area contributed by atoms with Gasteiger partial charge in [0.25, 0.3) is 0 Å². The van der Waals surface area contributed by atoms with Crippen molar-refractivity contribution >= 4 is 17.7 Å². The van der Waals surface area contributed by atoms with Gasteiger partial charge >= 0.3 is 0 Å². The van der Waals surface area contributed by atoms with Gasteiger partial charge in [-0.25, -0.2) is 4.98 Å². The molecule has 1 aliphatic rings. The van der Waals surface area contributed by atoms with Crippen molar-refractivity contribution in [2.24, 2.45) is 5.92 Å². The van der Waals surface area contributed by atoms with E-state index in [1.54, 1.807) is 25.2 Å². The molecule has 6 nitrogen and oxygen atoms in total. The first-order valence-electron chi connectivity index (χ1n) is 8.31. The lowest BCUT2D eigenvalue weighted by Crippen LogP contribution is -2.38. The second-order valence-corrected chi connectivity index (χ2v) is 7.11. The van der Waals surface area contributed by atoms with E-state index in [-0.39, 0.29) is 11.8 Å². The molecule has 1 aliphatic heterocycles. The molecule has 0 bridgehead atoms. The highest BCUT2D eigenvalue weighted by Gasteiger charge is 2.26. The van der Waals surface area contributed by atoms with Crippen molar-refractivity contribution in [3.63, 3.8) is 0 Å². The van der Waals surface area contributed by atoms with Crippen LogP contribution in [0.15, 0.2) is 24.5 Å². The van der Waals surface area contributed by atoms with Crippen LogP contribution >= 0.6 is 11.8 Å². The maximum absolute atomic E-state index is 12.3. The Bertz CT molecular complexity index is 732. The summed E-state index contributed by atoms with van der Waals surface area (Å²) in [5.41, 5.74) is 3.23. The number of aryl methyl sites for hydroxylation is 1. The normalized spacial score (nSPS) is 16.0. The van der Waals surface area contributed by atoms with E-state index in [9.17, 15) is 4.79 Å². The largest absolute Gasteiger partial charge is 0.497 e. The van der Waals surface area contributed by atoms with Gasteiger partial charge in [-0.2, -0.15) is 11.8 Å². The first-order chi connectivity index (χ1) is 12.2. The molecule has 0 saturated heterocycles. The third-order valence-electron chi connectivity index (χ3n) is 4.27. The number of rotatable bonds is 7. The molecule has 134 valence electrons. The minimum absolute atomic E-state index is 0.0537. The number of carbonyl (C=O) groups is 1. The van der Waals surface area contributed by atoms with Crippen molar-refractivity contribution in [1.29, 1.82) is 0 Å². The van der Waals surface area contributed by atoms with Crippen molar-refractivity contribution in [3.8, 4) is 11.5 Å². The molecule has 2 aromatic rings. The molecule has 3 rings (SSSR count). The molecule has 0 aliphatic carbocycles. The minimum atomic E-state index is -0.139. The smallest absolute Gasteiger partial charge is 0.226 e. The SMILES string of the molecule is COc1ccc2c(c1)OCC(C(=O)NCCSCc1nc[nH]c1C)C2. The number of thioether (sulfide) groups is 1. The van der Waals surface area contributed by atoms with E-state index in [1.807, 2.05) is 25.1 Å². The lowest BCUT2D eigenvalue weighted by molar-refractivity contribution is -0.126. The van der Waals surface area contributed by atoms with Crippen LogP contribution < -0.4 is 14.8 Å². The Morgan fingerprint density at radius 3 is 3.16 bits per heavy atom. The van der Waals surface area contributed by atoms with E-state index in [0.717, 1.165) is 40.0 Å².